The molecule has 0 aliphatic rings. The van der Waals surface area contributed by atoms with E-state index in [0.717, 1.165) is 19.7 Å². The highest BCUT2D eigenvalue weighted by Gasteiger charge is 2.07. The first kappa shape index (κ1) is 13.8. The fourth-order valence-corrected chi connectivity index (χ4v) is 2.97. The van der Waals surface area contributed by atoms with Crippen LogP contribution in [0.1, 0.15) is 11.4 Å². The van der Waals surface area contributed by atoms with Gasteiger partial charge in [-0.05, 0) is 18.2 Å². The molecule has 0 spiro atoms. The number of amides is 1. The molecule has 0 unspecified atom stereocenters. The molecule has 2 rings (SSSR count). The molecule has 1 aromatic carbocycles. The monoisotopic (exact) mass is 344 g/mol. The molecule has 0 aliphatic carbocycles. The number of carbonyl (C=O) groups excluding carboxylic acids is 1. The van der Waals surface area contributed by atoms with E-state index < -0.39 is 0 Å². The summed E-state index contributed by atoms with van der Waals surface area (Å²) in [5, 5.41) is 3.80. The minimum atomic E-state index is 0.0597. The smallest absolute Gasteiger partial charge is 0.220 e. The average Bonchev–Trinajstić information content (AvgIpc) is 2.75. The van der Waals surface area contributed by atoms with Gasteiger partial charge in [0.05, 0.1) is 15.2 Å². The van der Waals surface area contributed by atoms with Crippen molar-refractivity contribution in [3.63, 3.8) is 0 Å². The average molecular weight is 345 g/mol. The second-order valence-corrected chi connectivity index (χ2v) is 6.27. The summed E-state index contributed by atoms with van der Waals surface area (Å²) < 4.78 is 2.18. The molecule has 1 heterocycles. The van der Waals surface area contributed by atoms with Crippen molar-refractivity contribution >= 4 is 56.0 Å². The Morgan fingerprint density at radius 2 is 2.33 bits per heavy atom. The van der Waals surface area contributed by atoms with Crippen LogP contribution in [0.3, 0.4) is 0 Å². The van der Waals surface area contributed by atoms with Crippen LogP contribution < -0.4 is 5.32 Å². The summed E-state index contributed by atoms with van der Waals surface area (Å²) in [6, 6.07) is 6.04. The first-order chi connectivity index (χ1) is 8.69. The summed E-state index contributed by atoms with van der Waals surface area (Å²) in [5.41, 5.74) is 0.986. The molecule has 1 amide bonds. The van der Waals surface area contributed by atoms with Gasteiger partial charge in [-0.3, -0.25) is 4.79 Å². The van der Waals surface area contributed by atoms with Gasteiger partial charge in [-0.2, -0.15) is 12.6 Å². The van der Waals surface area contributed by atoms with Crippen molar-refractivity contribution in [2.45, 2.75) is 12.8 Å². The van der Waals surface area contributed by atoms with E-state index in [1.54, 1.807) is 11.3 Å². The van der Waals surface area contributed by atoms with Crippen LogP contribution in [0.5, 0.6) is 0 Å². The van der Waals surface area contributed by atoms with Gasteiger partial charge in [0.15, 0.2) is 0 Å². The van der Waals surface area contributed by atoms with E-state index in [0.29, 0.717) is 25.1 Å². The molecule has 0 fully saturated rings. The number of rotatable bonds is 5. The molecule has 6 heteroatoms. The highest BCUT2D eigenvalue weighted by Crippen LogP contribution is 2.25. The fourth-order valence-electron chi connectivity index (χ4n) is 1.56. The van der Waals surface area contributed by atoms with E-state index in [1.807, 2.05) is 18.2 Å². The lowest BCUT2D eigenvalue weighted by Gasteiger charge is -2.00. The van der Waals surface area contributed by atoms with Gasteiger partial charge in [0.25, 0.3) is 0 Å². The third kappa shape index (κ3) is 3.70. The number of carbonyl (C=O) groups is 1. The summed E-state index contributed by atoms with van der Waals surface area (Å²) in [7, 11) is 0. The zero-order valence-electron chi connectivity index (χ0n) is 9.65. The number of hydrogen-bond donors (Lipinski definition) is 2. The van der Waals surface area contributed by atoms with Gasteiger partial charge in [0, 0.05) is 29.6 Å². The molecule has 1 aromatic heterocycles. The van der Waals surface area contributed by atoms with Crippen molar-refractivity contribution in [3.05, 3.63) is 27.7 Å². The molecule has 0 aliphatic heterocycles. The Morgan fingerprint density at radius 1 is 1.50 bits per heavy atom. The number of benzene rings is 1. The molecule has 96 valence electrons. The number of thiazole rings is 1. The zero-order valence-corrected chi connectivity index (χ0v) is 12.9. The van der Waals surface area contributed by atoms with Gasteiger partial charge < -0.3 is 5.32 Å². The molecule has 1 N–H and O–H groups in total. The van der Waals surface area contributed by atoms with Crippen LogP contribution in [-0.4, -0.2) is 23.2 Å². The van der Waals surface area contributed by atoms with Crippen molar-refractivity contribution in [2.24, 2.45) is 0 Å². The Labute approximate surface area is 124 Å². The van der Waals surface area contributed by atoms with E-state index in [1.165, 1.54) is 0 Å². The van der Waals surface area contributed by atoms with Gasteiger partial charge in [-0.1, -0.05) is 15.9 Å². The molecule has 0 atom stereocenters. The molecule has 2 aromatic rings. The summed E-state index contributed by atoms with van der Waals surface area (Å²) in [6.07, 6.45) is 1.17. The number of nitrogens with zero attached hydrogens (tertiary/aromatic N) is 1. The number of nitrogens with one attached hydrogen (secondary N) is 1. The van der Waals surface area contributed by atoms with Crippen LogP contribution in [0.4, 0.5) is 0 Å². The second kappa shape index (κ2) is 6.54. The Hall–Kier alpha value is -0.590. The van der Waals surface area contributed by atoms with Crippen LogP contribution in [0.2, 0.25) is 0 Å². The van der Waals surface area contributed by atoms with Gasteiger partial charge in [0.2, 0.25) is 5.91 Å². The van der Waals surface area contributed by atoms with Crippen LogP contribution in [0.15, 0.2) is 22.7 Å². The van der Waals surface area contributed by atoms with Crippen molar-refractivity contribution in [2.75, 3.05) is 12.3 Å². The maximum Gasteiger partial charge on any atom is 0.220 e. The number of halogens is 1. The van der Waals surface area contributed by atoms with E-state index >= 15 is 0 Å². The van der Waals surface area contributed by atoms with E-state index in [9.17, 15) is 4.79 Å². The lowest BCUT2D eigenvalue weighted by Crippen LogP contribution is -2.25. The third-order valence-corrected chi connectivity index (χ3v) is 4.21. The van der Waals surface area contributed by atoms with Crippen LogP contribution >= 0.6 is 39.9 Å². The number of fused-ring (bicyclic) bond motifs is 1. The van der Waals surface area contributed by atoms with Crippen LogP contribution in [-0.2, 0) is 11.2 Å². The number of aromatic nitrogens is 1. The molecule has 3 nitrogen and oxygen atoms in total. The SMILES string of the molecule is O=C(CCc1nc2cc(Br)ccc2s1)NCCS. The zero-order chi connectivity index (χ0) is 13.0. The highest BCUT2D eigenvalue weighted by molar-refractivity contribution is 9.10. The van der Waals surface area contributed by atoms with E-state index in [2.05, 4.69) is 38.9 Å². The quantitative estimate of drug-likeness (QED) is 0.818. The van der Waals surface area contributed by atoms with Crippen molar-refractivity contribution < 1.29 is 4.79 Å². The maximum absolute atomic E-state index is 11.5. The predicted octanol–water partition coefficient (Wildman–Crippen LogP) is 3.04. The standard InChI is InChI=1S/C12H13BrN2OS2/c13-8-1-2-10-9(7-8)15-12(18-10)4-3-11(16)14-5-6-17/h1-2,7,17H,3-6H2,(H,14,16). The van der Waals surface area contributed by atoms with E-state index in [4.69, 9.17) is 0 Å². The predicted molar refractivity (Wildman–Crippen MR) is 82.5 cm³/mol. The summed E-state index contributed by atoms with van der Waals surface area (Å²) in [5.74, 6) is 0.727. The summed E-state index contributed by atoms with van der Waals surface area (Å²) in [6.45, 7) is 0.620. The minimum Gasteiger partial charge on any atom is -0.355 e. The number of thiol groups is 1. The molecular formula is C12H13BrN2OS2. The molecule has 0 saturated carbocycles. The highest BCUT2D eigenvalue weighted by atomic mass is 79.9. The Balaban J connectivity index is 1.97. The lowest BCUT2D eigenvalue weighted by molar-refractivity contribution is -0.120. The summed E-state index contributed by atoms with van der Waals surface area (Å²) in [4.78, 5) is 16.0. The molecular weight excluding hydrogens is 332 g/mol. The molecule has 0 radical (unpaired) electrons. The topological polar surface area (TPSA) is 42.0 Å². The van der Waals surface area contributed by atoms with Gasteiger partial charge in [-0.15, -0.1) is 11.3 Å². The van der Waals surface area contributed by atoms with Gasteiger partial charge in [0.1, 0.15) is 0 Å². The van der Waals surface area contributed by atoms with Gasteiger partial charge >= 0.3 is 0 Å². The normalized spacial score (nSPS) is 10.8. The van der Waals surface area contributed by atoms with Crippen molar-refractivity contribution in [1.82, 2.24) is 10.3 Å². The Bertz CT molecular complexity index is 556. The second-order valence-electron chi connectivity index (χ2n) is 3.79. The van der Waals surface area contributed by atoms with Crippen LogP contribution in [0.25, 0.3) is 10.2 Å². The Morgan fingerprint density at radius 3 is 3.11 bits per heavy atom. The third-order valence-electron chi connectivity index (χ3n) is 2.39. The lowest BCUT2D eigenvalue weighted by atomic mass is 10.3. The number of aryl methyl sites for hydroxylation is 1. The molecule has 18 heavy (non-hydrogen) atoms. The maximum atomic E-state index is 11.5. The fraction of sp³-hybridized carbons (Fsp3) is 0.333. The van der Waals surface area contributed by atoms with Crippen molar-refractivity contribution in [3.8, 4) is 0 Å². The van der Waals surface area contributed by atoms with E-state index in [-0.39, 0.29) is 5.91 Å². The van der Waals surface area contributed by atoms with Crippen molar-refractivity contribution in [1.29, 1.82) is 0 Å². The first-order valence-electron chi connectivity index (χ1n) is 5.61. The number of hydrogen-bond acceptors (Lipinski definition) is 4. The van der Waals surface area contributed by atoms with Crippen LogP contribution in [0, 0.1) is 0 Å². The molecule has 0 saturated heterocycles. The molecule has 0 bridgehead atoms. The first-order valence-corrected chi connectivity index (χ1v) is 7.86. The largest absolute Gasteiger partial charge is 0.355 e. The summed E-state index contributed by atoms with van der Waals surface area (Å²) >= 11 is 9.12. The minimum absolute atomic E-state index is 0.0597. The Kier molecular flexibility index (Phi) is 5.03. The van der Waals surface area contributed by atoms with Gasteiger partial charge in [-0.25, -0.2) is 4.98 Å².